The zero-order chi connectivity index (χ0) is 21.1. The molecule has 1 atom stereocenters. The zero-order valence-corrected chi connectivity index (χ0v) is 17.6. The van der Waals surface area contributed by atoms with E-state index in [1.807, 2.05) is 48.5 Å². The van der Waals surface area contributed by atoms with Crippen LogP contribution in [0.5, 0.6) is 0 Å². The number of benzene rings is 2. The lowest BCUT2D eigenvalue weighted by atomic mass is 9.98. The smallest absolute Gasteiger partial charge is 0.329 e. The SMILES string of the molecule is CC(=O)NC(C(=O)OCC(=O)N1c2ccccc2Sc2ccccc21)C1CCCC1. The molecule has 0 bridgehead atoms. The molecule has 7 heteroatoms. The Kier molecular flexibility index (Phi) is 6.08. The van der Waals surface area contributed by atoms with E-state index in [0.29, 0.717) is 0 Å². The maximum absolute atomic E-state index is 13.1. The number of carbonyl (C=O) groups excluding carboxylic acids is 3. The number of anilines is 2. The van der Waals surface area contributed by atoms with Gasteiger partial charge < -0.3 is 10.1 Å². The average molecular weight is 425 g/mol. The van der Waals surface area contributed by atoms with Crippen molar-refractivity contribution in [3.63, 3.8) is 0 Å². The Labute approximate surface area is 180 Å². The number of hydrogen-bond donors (Lipinski definition) is 1. The number of para-hydroxylation sites is 2. The normalized spacial score (nSPS) is 16.4. The number of fused-ring (bicyclic) bond motifs is 2. The van der Waals surface area contributed by atoms with Crippen LogP contribution in [0.4, 0.5) is 11.4 Å². The van der Waals surface area contributed by atoms with Crippen LogP contribution in [0.1, 0.15) is 32.6 Å². The first-order chi connectivity index (χ1) is 14.5. The lowest BCUT2D eigenvalue weighted by molar-refractivity contribution is -0.152. The lowest BCUT2D eigenvalue weighted by Gasteiger charge is -2.31. The van der Waals surface area contributed by atoms with Gasteiger partial charge in [-0.3, -0.25) is 14.5 Å². The van der Waals surface area contributed by atoms with E-state index in [2.05, 4.69) is 5.32 Å². The van der Waals surface area contributed by atoms with Crippen LogP contribution in [0.15, 0.2) is 58.3 Å². The van der Waals surface area contributed by atoms with E-state index in [1.54, 1.807) is 16.7 Å². The van der Waals surface area contributed by atoms with Crippen molar-refractivity contribution in [2.24, 2.45) is 5.92 Å². The Morgan fingerprint density at radius 3 is 2.17 bits per heavy atom. The second kappa shape index (κ2) is 8.92. The van der Waals surface area contributed by atoms with Gasteiger partial charge in [-0.1, -0.05) is 48.9 Å². The Morgan fingerprint density at radius 1 is 1.03 bits per heavy atom. The van der Waals surface area contributed by atoms with Crippen LogP contribution in [0.25, 0.3) is 0 Å². The molecular weight excluding hydrogens is 400 g/mol. The van der Waals surface area contributed by atoms with Gasteiger partial charge in [0.25, 0.3) is 5.91 Å². The summed E-state index contributed by atoms with van der Waals surface area (Å²) in [5.41, 5.74) is 1.55. The fraction of sp³-hybridized carbons (Fsp3) is 0.348. The van der Waals surface area contributed by atoms with Gasteiger partial charge in [-0.2, -0.15) is 0 Å². The van der Waals surface area contributed by atoms with E-state index in [-0.39, 0.29) is 24.3 Å². The van der Waals surface area contributed by atoms with Crippen LogP contribution in [0.3, 0.4) is 0 Å². The molecule has 0 aromatic heterocycles. The minimum atomic E-state index is -0.700. The maximum atomic E-state index is 13.1. The Hall–Kier alpha value is -2.80. The van der Waals surface area contributed by atoms with Gasteiger partial charge in [0.15, 0.2) is 6.61 Å². The number of amides is 2. The molecule has 1 heterocycles. The Balaban J connectivity index is 1.51. The molecular formula is C23H24N2O4S. The third kappa shape index (κ3) is 4.21. The molecule has 6 nitrogen and oxygen atoms in total. The number of hydrogen-bond acceptors (Lipinski definition) is 5. The van der Waals surface area contributed by atoms with Gasteiger partial charge in [0.1, 0.15) is 6.04 Å². The predicted octanol–water partition coefficient (Wildman–Crippen LogP) is 4.05. The fourth-order valence-corrected chi connectivity index (χ4v) is 5.20. The molecule has 0 radical (unpaired) electrons. The molecule has 1 aliphatic carbocycles. The quantitative estimate of drug-likeness (QED) is 0.733. The van der Waals surface area contributed by atoms with Crippen molar-refractivity contribution in [3.8, 4) is 0 Å². The van der Waals surface area contributed by atoms with Crippen LogP contribution in [0, 0.1) is 5.92 Å². The Bertz CT molecular complexity index is 926. The summed E-state index contributed by atoms with van der Waals surface area (Å²) in [5.74, 6) is -1.08. The molecule has 1 unspecified atom stereocenters. The van der Waals surface area contributed by atoms with Gasteiger partial charge in [0.05, 0.1) is 11.4 Å². The largest absolute Gasteiger partial charge is 0.454 e. The number of ether oxygens (including phenoxy) is 1. The zero-order valence-electron chi connectivity index (χ0n) is 16.8. The second-order valence-corrected chi connectivity index (χ2v) is 8.68. The molecule has 156 valence electrons. The van der Waals surface area contributed by atoms with E-state index in [9.17, 15) is 14.4 Å². The van der Waals surface area contributed by atoms with E-state index in [0.717, 1.165) is 46.8 Å². The van der Waals surface area contributed by atoms with E-state index in [4.69, 9.17) is 4.74 Å². The molecule has 1 aliphatic heterocycles. The Morgan fingerprint density at radius 2 is 1.60 bits per heavy atom. The maximum Gasteiger partial charge on any atom is 0.329 e. The summed E-state index contributed by atoms with van der Waals surface area (Å²) < 4.78 is 5.41. The lowest BCUT2D eigenvalue weighted by Crippen LogP contribution is -2.46. The van der Waals surface area contributed by atoms with Crippen LogP contribution in [-0.2, 0) is 19.1 Å². The number of nitrogens with zero attached hydrogens (tertiary/aromatic N) is 1. The van der Waals surface area contributed by atoms with Gasteiger partial charge in [-0.05, 0) is 43.0 Å². The van der Waals surface area contributed by atoms with E-state index in [1.165, 1.54) is 6.92 Å². The highest BCUT2D eigenvalue weighted by atomic mass is 32.2. The number of rotatable bonds is 5. The van der Waals surface area contributed by atoms with Gasteiger partial charge in [-0.25, -0.2) is 4.79 Å². The molecule has 30 heavy (non-hydrogen) atoms. The summed E-state index contributed by atoms with van der Waals surface area (Å²) >= 11 is 1.61. The summed E-state index contributed by atoms with van der Waals surface area (Å²) in [7, 11) is 0. The van der Waals surface area contributed by atoms with Crippen molar-refractivity contribution in [1.29, 1.82) is 0 Å². The summed E-state index contributed by atoms with van der Waals surface area (Å²) in [6.07, 6.45) is 3.81. The number of nitrogens with one attached hydrogen (secondary N) is 1. The summed E-state index contributed by atoms with van der Waals surface area (Å²) in [6.45, 7) is 1.01. The highest BCUT2D eigenvalue weighted by molar-refractivity contribution is 7.99. The molecule has 0 spiro atoms. The average Bonchev–Trinajstić information content (AvgIpc) is 3.28. The van der Waals surface area contributed by atoms with Crippen LogP contribution in [0.2, 0.25) is 0 Å². The van der Waals surface area contributed by atoms with Gasteiger partial charge in [0, 0.05) is 16.7 Å². The minimum absolute atomic E-state index is 0.0596. The highest BCUT2D eigenvalue weighted by Crippen LogP contribution is 2.47. The summed E-state index contributed by atoms with van der Waals surface area (Å²) in [6, 6.07) is 14.6. The first kappa shape index (κ1) is 20.5. The van der Waals surface area contributed by atoms with Crippen molar-refractivity contribution in [2.45, 2.75) is 48.4 Å². The topological polar surface area (TPSA) is 75.7 Å². The monoisotopic (exact) mass is 424 g/mol. The predicted molar refractivity (Wildman–Crippen MR) is 115 cm³/mol. The fourth-order valence-electron chi connectivity index (χ4n) is 4.14. The van der Waals surface area contributed by atoms with Crippen molar-refractivity contribution in [1.82, 2.24) is 5.32 Å². The molecule has 1 fully saturated rings. The third-order valence-electron chi connectivity index (χ3n) is 5.50. The van der Waals surface area contributed by atoms with Crippen LogP contribution in [-0.4, -0.2) is 30.4 Å². The number of esters is 1. The summed E-state index contributed by atoms with van der Waals surface area (Å²) in [5, 5.41) is 2.71. The summed E-state index contributed by atoms with van der Waals surface area (Å²) in [4.78, 5) is 41.0. The van der Waals surface area contributed by atoms with E-state index >= 15 is 0 Å². The van der Waals surface area contributed by atoms with Crippen molar-refractivity contribution in [2.75, 3.05) is 11.5 Å². The van der Waals surface area contributed by atoms with Crippen molar-refractivity contribution in [3.05, 3.63) is 48.5 Å². The van der Waals surface area contributed by atoms with Crippen molar-refractivity contribution < 1.29 is 19.1 Å². The minimum Gasteiger partial charge on any atom is -0.454 e. The van der Waals surface area contributed by atoms with Crippen LogP contribution < -0.4 is 10.2 Å². The van der Waals surface area contributed by atoms with Gasteiger partial charge in [-0.15, -0.1) is 0 Å². The van der Waals surface area contributed by atoms with Crippen molar-refractivity contribution >= 4 is 40.9 Å². The molecule has 4 rings (SSSR count). The standard InChI is InChI=1S/C23H24N2O4S/c1-15(26)24-22(16-8-2-3-9-16)23(28)29-14-21(27)25-17-10-4-6-12-19(17)30-20-13-7-5-11-18(20)25/h4-7,10-13,16,22H,2-3,8-9,14H2,1H3,(H,24,26). The second-order valence-electron chi connectivity index (χ2n) is 7.60. The molecule has 2 aromatic carbocycles. The number of carbonyl (C=O) groups is 3. The molecule has 2 aliphatic rings. The first-order valence-electron chi connectivity index (χ1n) is 10.2. The first-order valence-corrected chi connectivity index (χ1v) is 11.0. The molecule has 2 amide bonds. The van der Waals surface area contributed by atoms with Crippen LogP contribution >= 0.6 is 11.8 Å². The highest BCUT2D eigenvalue weighted by Gasteiger charge is 2.34. The molecule has 1 N–H and O–H groups in total. The third-order valence-corrected chi connectivity index (χ3v) is 6.63. The van der Waals surface area contributed by atoms with E-state index < -0.39 is 12.0 Å². The van der Waals surface area contributed by atoms with Gasteiger partial charge in [0.2, 0.25) is 5.91 Å². The molecule has 2 aromatic rings. The van der Waals surface area contributed by atoms with Gasteiger partial charge >= 0.3 is 5.97 Å². The molecule has 0 saturated heterocycles. The molecule has 1 saturated carbocycles.